The number of benzene rings is 2. The molecule has 0 radical (unpaired) electrons. The van der Waals surface area contributed by atoms with Crippen LogP contribution in [0.25, 0.3) is 10.9 Å². The van der Waals surface area contributed by atoms with Crippen molar-refractivity contribution in [2.75, 3.05) is 6.61 Å². The maximum atomic E-state index is 12.6. The van der Waals surface area contributed by atoms with Crippen molar-refractivity contribution in [1.29, 1.82) is 0 Å². The molecule has 3 aromatic rings. The lowest BCUT2D eigenvalue weighted by Crippen LogP contribution is -2.27. The van der Waals surface area contributed by atoms with Crippen molar-refractivity contribution in [3.63, 3.8) is 0 Å². The maximum absolute atomic E-state index is 12.6. The van der Waals surface area contributed by atoms with E-state index in [0.717, 1.165) is 10.9 Å². The van der Waals surface area contributed by atoms with Gasteiger partial charge in [-0.25, -0.2) is 4.79 Å². The Hall–Kier alpha value is -3.41. The molecule has 1 atom stereocenters. The summed E-state index contributed by atoms with van der Waals surface area (Å²) in [6, 6.07) is 13.9. The minimum Gasteiger partial charge on any atom is -0.482 e. The third-order valence-corrected chi connectivity index (χ3v) is 4.13. The highest BCUT2D eigenvalue weighted by Gasteiger charge is 2.22. The van der Waals surface area contributed by atoms with Gasteiger partial charge in [-0.05, 0) is 32.0 Å². The zero-order chi connectivity index (χ0) is 19.4. The van der Waals surface area contributed by atoms with Gasteiger partial charge in [-0.1, -0.05) is 30.3 Å². The van der Waals surface area contributed by atoms with Gasteiger partial charge in [0.05, 0.1) is 0 Å². The van der Waals surface area contributed by atoms with Crippen LogP contribution in [0.3, 0.4) is 0 Å². The maximum Gasteiger partial charge on any atom is 0.344 e. The summed E-state index contributed by atoms with van der Waals surface area (Å²) in [5.74, 6) is -0.667. The molecule has 0 saturated heterocycles. The summed E-state index contributed by atoms with van der Waals surface area (Å²) < 4.78 is 10.5. The summed E-state index contributed by atoms with van der Waals surface area (Å²) >= 11 is 0. The molecule has 0 bridgehead atoms. The van der Waals surface area contributed by atoms with Crippen LogP contribution in [-0.2, 0) is 9.53 Å². The fourth-order valence-electron chi connectivity index (χ4n) is 2.73. The minimum absolute atomic E-state index is 0.0963. The zero-order valence-corrected chi connectivity index (χ0v) is 15.0. The van der Waals surface area contributed by atoms with Gasteiger partial charge in [-0.15, -0.1) is 0 Å². The number of ketones is 2. The van der Waals surface area contributed by atoms with Crippen molar-refractivity contribution in [3.05, 3.63) is 65.9 Å². The number of aromatic nitrogens is 1. The van der Waals surface area contributed by atoms with E-state index in [9.17, 15) is 14.4 Å². The van der Waals surface area contributed by atoms with Crippen LogP contribution in [0.1, 0.15) is 34.6 Å². The molecule has 0 saturated carbocycles. The van der Waals surface area contributed by atoms with Crippen molar-refractivity contribution in [2.45, 2.75) is 20.0 Å². The second-order valence-electron chi connectivity index (χ2n) is 6.12. The van der Waals surface area contributed by atoms with E-state index < -0.39 is 12.1 Å². The normalized spacial score (nSPS) is 11.8. The summed E-state index contributed by atoms with van der Waals surface area (Å²) in [4.78, 5) is 39.0. The molecule has 0 aliphatic rings. The molecule has 2 aromatic carbocycles. The van der Waals surface area contributed by atoms with Gasteiger partial charge in [0.25, 0.3) is 0 Å². The molecular formula is C21H19NO5. The third-order valence-electron chi connectivity index (χ3n) is 4.13. The Labute approximate surface area is 156 Å². The largest absolute Gasteiger partial charge is 0.482 e. The van der Waals surface area contributed by atoms with Gasteiger partial charge in [0.2, 0.25) is 5.78 Å². The number of carbonyl (C=O) groups is 3. The molecule has 0 spiro atoms. The Morgan fingerprint density at radius 1 is 1.07 bits per heavy atom. The highest BCUT2D eigenvalue weighted by molar-refractivity contribution is 6.10. The summed E-state index contributed by atoms with van der Waals surface area (Å²) in [5, 5.41) is 0.780. The molecule has 138 valence electrons. The zero-order valence-electron chi connectivity index (χ0n) is 15.0. The van der Waals surface area contributed by atoms with E-state index in [2.05, 4.69) is 4.98 Å². The van der Waals surface area contributed by atoms with Gasteiger partial charge in [-0.2, -0.15) is 0 Å². The lowest BCUT2D eigenvalue weighted by Gasteiger charge is -2.12. The number of hydrogen-bond donors (Lipinski definition) is 1. The fourth-order valence-corrected chi connectivity index (χ4v) is 2.73. The van der Waals surface area contributed by atoms with E-state index in [1.165, 1.54) is 13.8 Å². The van der Waals surface area contributed by atoms with Gasteiger partial charge in [0, 0.05) is 28.2 Å². The van der Waals surface area contributed by atoms with Gasteiger partial charge < -0.3 is 14.5 Å². The average molecular weight is 365 g/mol. The smallest absolute Gasteiger partial charge is 0.344 e. The van der Waals surface area contributed by atoms with Crippen LogP contribution in [0, 0.1) is 0 Å². The Bertz CT molecular complexity index is 1000. The number of nitrogens with one attached hydrogen (secondary N) is 1. The second-order valence-corrected chi connectivity index (χ2v) is 6.12. The molecule has 6 nitrogen and oxygen atoms in total. The number of H-pyrrole nitrogens is 1. The molecule has 1 aromatic heterocycles. The van der Waals surface area contributed by atoms with Crippen LogP contribution in [-0.4, -0.2) is 35.2 Å². The third kappa shape index (κ3) is 4.23. The molecule has 0 aliphatic carbocycles. The molecule has 6 heteroatoms. The molecule has 0 fully saturated rings. The number of Topliss-reactive ketones (excluding diaryl/α,β-unsaturated/α-hetero) is 2. The molecule has 0 unspecified atom stereocenters. The summed E-state index contributed by atoms with van der Waals surface area (Å²) in [7, 11) is 0. The first-order valence-electron chi connectivity index (χ1n) is 8.49. The number of hydrogen-bond acceptors (Lipinski definition) is 5. The van der Waals surface area contributed by atoms with Gasteiger partial charge >= 0.3 is 5.97 Å². The molecule has 3 rings (SSSR count). The predicted octanol–water partition coefficient (Wildman–Crippen LogP) is 3.56. The molecule has 1 N–H and O–H groups in total. The SMILES string of the molecule is CC(=O)c1cccc(OCC(=O)O[C@H](C)C(=O)c2c[nH]c3ccccc23)c1. The number of rotatable bonds is 7. The number of fused-ring (bicyclic) bond motifs is 1. The van der Waals surface area contributed by atoms with Crippen molar-refractivity contribution < 1.29 is 23.9 Å². The number of esters is 1. The average Bonchev–Trinajstić information content (AvgIpc) is 3.10. The van der Waals surface area contributed by atoms with Crippen LogP contribution >= 0.6 is 0 Å². The van der Waals surface area contributed by atoms with Crippen molar-refractivity contribution in [1.82, 2.24) is 4.98 Å². The summed E-state index contributed by atoms with van der Waals surface area (Å²) in [6.45, 7) is 2.62. The summed E-state index contributed by atoms with van der Waals surface area (Å²) in [5.41, 5.74) is 1.80. The van der Waals surface area contributed by atoms with E-state index in [4.69, 9.17) is 9.47 Å². The molecule has 1 heterocycles. The van der Waals surface area contributed by atoms with E-state index in [1.807, 2.05) is 24.3 Å². The molecular weight excluding hydrogens is 346 g/mol. The van der Waals surface area contributed by atoms with E-state index >= 15 is 0 Å². The lowest BCUT2D eigenvalue weighted by atomic mass is 10.1. The van der Waals surface area contributed by atoms with Crippen molar-refractivity contribution in [3.8, 4) is 5.75 Å². The Morgan fingerprint density at radius 3 is 2.63 bits per heavy atom. The number of ether oxygens (including phenoxy) is 2. The van der Waals surface area contributed by atoms with E-state index in [-0.39, 0.29) is 18.2 Å². The number of para-hydroxylation sites is 1. The van der Waals surface area contributed by atoms with Crippen LogP contribution in [0.2, 0.25) is 0 Å². The highest BCUT2D eigenvalue weighted by Crippen LogP contribution is 2.20. The first kappa shape index (κ1) is 18.4. The van der Waals surface area contributed by atoms with Crippen molar-refractivity contribution in [2.24, 2.45) is 0 Å². The van der Waals surface area contributed by atoms with Crippen LogP contribution in [0.5, 0.6) is 5.75 Å². The predicted molar refractivity (Wildman–Crippen MR) is 100 cm³/mol. The fraction of sp³-hybridized carbons (Fsp3) is 0.190. The topological polar surface area (TPSA) is 85.5 Å². The van der Waals surface area contributed by atoms with Gasteiger partial charge in [0.15, 0.2) is 18.5 Å². The second kappa shape index (κ2) is 7.86. The Balaban J connectivity index is 1.59. The lowest BCUT2D eigenvalue weighted by molar-refractivity contribution is -0.148. The van der Waals surface area contributed by atoms with Gasteiger partial charge in [-0.3, -0.25) is 9.59 Å². The Morgan fingerprint density at radius 2 is 1.85 bits per heavy atom. The van der Waals surface area contributed by atoms with Crippen LogP contribution in [0.15, 0.2) is 54.7 Å². The monoisotopic (exact) mass is 365 g/mol. The highest BCUT2D eigenvalue weighted by atomic mass is 16.6. The quantitative estimate of drug-likeness (QED) is 0.511. The Kier molecular flexibility index (Phi) is 5.35. The summed E-state index contributed by atoms with van der Waals surface area (Å²) in [6.07, 6.45) is 0.671. The first-order chi connectivity index (χ1) is 13.0. The molecule has 0 amide bonds. The van der Waals surface area contributed by atoms with Gasteiger partial charge in [0.1, 0.15) is 5.75 Å². The van der Waals surface area contributed by atoms with Crippen LogP contribution in [0.4, 0.5) is 0 Å². The number of aromatic amines is 1. The van der Waals surface area contributed by atoms with E-state index in [0.29, 0.717) is 16.9 Å². The van der Waals surface area contributed by atoms with Crippen LogP contribution < -0.4 is 4.74 Å². The van der Waals surface area contributed by atoms with Crippen molar-refractivity contribution >= 4 is 28.4 Å². The first-order valence-corrected chi connectivity index (χ1v) is 8.49. The standard InChI is InChI=1S/C21H19NO5/c1-13(23)15-6-5-7-16(10-15)26-12-20(24)27-14(2)21(25)18-11-22-19-9-4-3-8-17(18)19/h3-11,14,22H,12H2,1-2H3/t14-/m1/s1. The molecule has 27 heavy (non-hydrogen) atoms. The number of carbonyl (C=O) groups excluding carboxylic acids is 3. The van der Waals surface area contributed by atoms with E-state index in [1.54, 1.807) is 30.5 Å². The minimum atomic E-state index is -0.941. The molecule has 0 aliphatic heterocycles.